The number of nitrogens with zero attached hydrogens (tertiary/aromatic N) is 5. The molecule has 4 heterocycles. The standard InChI is InChI=1S/C51H31N5O/c1-3-14-32(15-4-1)33-26-28-34(29-27-33)49-52-50(54-51(53-49)56-44-24-11-7-18-36(44)37-19-8-12-25-45(37)56)40-22-13-21-39-42-30-46-41(31-47(42)57-48(39)40)38-20-9-10-23-43(38)55(46)35-16-5-2-6-17-35/h1-31H. The molecule has 57 heavy (non-hydrogen) atoms. The van der Waals surface area contributed by atoms with E-state index < -0.39 is 0 Å². The maximum Gasteiger partial charge on any atom is 0.238 e. The summed E-state index contributed by atoms with van der Waals surface area (Å²) in [7, 11) is 0. The fourth-order valence-corrected chi connectivity index (χ4v) is 8.59. The van der Waals surface area contributed by atoms with Crippen molar-refractivity contribution in [3.63, 3.8) is 0 Å². The van der Waals surface area contributed by atoms with E-state index in [1.54, 1.807) is 0 Å². The van der Waals surface area contributed by atoms with Crippen LogP contribution in [0.25, 0.3) is 111 Å². The molecule has 6 nitrogen and oxygen atoms in total. The summed E-state index contributed by atoms with van der Waals surface area (Å²) in [4.78, 5) is 15.7. The van der Waals surface area contributed by atoms with Crippen LogP contribution in [0.4, 0.5) is 0 Å². The molecule has 0 fully saturated rings. The SMILES string of the molecule is c1ccc(-c2ccc(-c3nc(-c4cccc5c4oc4cc6c7ccccc7n(-c7ccccc7)c6cc45)nc(-n4c5ccccc5c5ccccc54)n3)cc2)cc1. The molecule has 4 aromatic heterocycles. The molecule has 0 saturated heterocycles. The molecule has 0 aliphatic carbocycles. The van der Waals surface area contributed by atoms with Crippen LogP contribution >= 0.6 is 0 Å². The maximum absolute atomic E-state index is 6.87. The van der Waals surface area contributed by atoms with Crippen LogP contribution in [0.15, 0.2) is 192 Å². The molecule has 0 atom stereocenters. The van der Waals surface area contributed by atoms with Crippen molar-refractivity contribution in [1.82, 2.24) is 24.1 Å². The fraction of sp³-hybridized carbons (Fsp3) is 0. The first-order chi connectivity index (χ1) is 28.3. The lowest BCUT2D eigenvalue weighted by molar-refractivity contribution is 0.670. The highest BCUT2D eigenvalue weighted by Gasteiger charge is 2.22. The highest BCUT2D eigenvalue weighted by atomic mass is 16.3. The number of fused-ring (bicyclic) bond motifs is 9. The Hall–Kier alpha value is -7.83. The van der Waals surface area contributed by atoms with Gasteiger partial charge in [0, 0.05) is 43.6 Å². The minimum absolute atomic E-state index is 0.539. The highest BCUT2D eigenvalue weighted by Crippen LogP contribution is 2.41. The fourth-order valence-electron chi connectivity index (χ4n) is 8.59. The van der Waals surface area contributed by atoms with Gasteiger partial charge in [0.2, 0.25) is 5.95 Å². The molecular weight excluding hydrogens is 699 g/mol. The van der Waals surface area contributed by atoms with Gasteiger partial charge in [0.25, 0.3) is 0 Å². The molecule has 6 heteroatoms. The van der Waals surface area contributed by atoms with Crippen LogP contribution in [-0.4, -0.2) is 24.1 Å². The predicted octanol–water partition coefficient (Wildman–Crippen LogP) is 13.0. The molecule has 0 aliphatic rings. The summed E-state index contributed by atoms with van der Waals surface area (Å²) in [5, 5.41) is 6.63. The van der Waals surface area contributed by atoms with Gasteiger partial charge in [-0.1, -0.05) is 140 Å². The van der Waals surface area contributed by atoms with Crippen LogP contribution in [0.1, 0.15) is 0 Å². The van der Waals surface area contributed by atoms with Crippen LogP contribution in [0.3, 0.4) is 0 Å². The first-order valence-electron chi connectivity index (χ1n) is 19.1. The molecule has 0 spiro atoms. The summed E-state index contributed by atoms with van der Waals surface area (Å²) >= 11 is 0. The van der Waals surface area contributed by atoms with Crippen LogP contribution in [0.5, 0.6) is 0 Å². The van der Waals surface area contributed by atoms with Gasteiger partial charge in [0.05, 0.1) is 27.6 Å². The Balaban J connectivity index is 1.10. The van der Waals surface area contributed by atoms with Crippen LogP contribution in [0, 0.1) is 0 Å². The van der Waals surface area contributed by atoms with Gasteiger partial charge in [-0.15, -0.1) is 0 Å². The number of para-hydroxylation sites is 5. The van der Waals surface area contributed by atoms with Crippen molar-refractivity contribution in [3.05, 3.63) is 188 Å². The van der Waals surface area contributed by atoms with Gasteiger partial charge in [-0.3, -0.25) is 4.57 Å². The molecule has 12 aromatic rings. The Kier molecular flexibility index (Phi) is 6.83. The van der Waals surface area contributed by atoms with Crippen molar-refractivity contribution >= 4 is 65.6 Å². The van der Waals surface area contributed by atoms with Crippen molar-refractivity contribution in [2.75, 3.05) is 0 Å². The van der Waals surface area contributed by atoms with Gasteiger partial charge < -0.3 is 8.98 Å². The second-order valence-electron chi connectivity index (χ2n) is 14.4. The Morgan fingerprint density at radius 2 is 0.895 bits per heavy atom. The molecule has 0 saturated carbocycles. The largest absolute Gasteiger partial charge is 0.455 e. The molecule has 0 radical (unpaired) electrons. The lowest BCUT2D eigenvalue weighted by atomic mass is 10.0. The van der Waals surface area contributed by atoms with Gasteiger partial charge in [-0.05, 0) is 59.7 Å². The van der Waals surface area contributed by atoms with E-state index in [9.17, 15) is 0 Å². The predicted molar refractivity (Wildman–Crippen MR) is 232 cm³/mol. The molecule has 0 amide bonds. The summed E-state index contributed by atoms with van der Waals surface area (Å²) in [6, 6.07) is 65.5. The van der Waals surface area contributed by atoms with Crippen molar-refractivity contribution in [3.8, 4) is 45.5 Å². The maximum atomic E-state index is 6.87. The quantitative estimate of drug-likeness (QED) is 0.177. The van der Waals surface area contributed by atoms with Gasteiger partial charge in [-0.2, -0.15) is 9.97 Å². The van der Waals surface area contributed by atoms with E-state index in [2.05, 4.69) is 191 Å². The van der Waals surface area contributed by atoms with E-state index in [-0.39, 0.29) is 0 Å². The van der Waals surface area contributed by atoms with Gasteiger partial charge >= 0.3 is 0 Å². The van der Waals surface area contributed by atoms with Crippen LogP contribution in [-0.2, 0) is 0 Å². The second kappa shape index (κ2) is 12.3. The summed E-state index contributed by atoms with van der Waals surface area (Å²) in [6.45, 7) is 0. The minimum Gasteiger partial charge on any atom is -0.455 e. The van der Waals surface area contributed by atoms with Crippen molar-refractivity contribution in [2.45, 2.75) is 0 Å². The van der Waals surface area contributed by atoms with Crippen LogP contribution in [0.2, 0.25) is 0 Å². The summed E-state index contributed by atoms with van der Waals surface area (Å²) in [6.07, 6.45) is 0. The smallest absolute Gasteiger partial charge is 0.238 e. The normalized spacial score (nSPS) is 11.9. The third kappa shape index (κ3) is 4.87. The number of aromatic nitrogens is 5. The number of hydrogen-bond donors (Lipinski definition) is 0. The van der Waals surface area contributed by atoms with Gasteiger partial charge in [0.1, 0.15) is 11.2 Å². The van der Waals surface area contributed by atoms with E-state index in [0.717, 1.165) is 88.1 Å². The highest BCUT2D eigenvalue weighted by molar-refractivity contribution is 6.18. The van der Waals surface area contributed by atoms with E-state index in [4.69, 9.17) is 19.4 Å². The van der Waals surface area contributed by atoms with Gasteiger partial charge in [0.15, 0.2) is 11.6 Å². The Morgan fingerprint density at radius 3 is 1.60 bits per heavy atom. The third-order valence-corrected chi connectivity index (χ3v) is 11.2. The zero-order valence-electron chi connectivity index (χ0n) is 30.5. The van der Waals surface area contributed by atoms with E-state index in [1.807, 2.05) is 6.07 Å². The average molecular weight is 730 g/mol. The molecule has 8 aromatic carbocycles. The first-order valence-corrected chi connectivity index (χ1v) is 19.1. The molecule has 0 aliphatic heterocycles. The zero-order valence-corrected chi connectivity index (χ0v) is 30.5. The van der Waals surface area contributed by atoms with E-state index >= 15 is 0 Å². The number of rotatable bonds is 5. The Bertz CT molecular complexity index is 3450. The zero-order chi connectivity index (χ0) is 37.5. The van der Waals surface area contributed by atoms with E-state index in [0.29, 0.717) is 17.6 Å². The first kappa shape index (κ1) is 31.5. The minimum atomic E-state index is 0.539. The van der Waals surface area contributed by atoms with Gasteiger partial charge in [-0.25, -0.2) is 4.98 Å². The Morgan fingerprint density at radius 1 is 0.351 bits per heavy atom. The van der Waals surface area contributed by atoms with Crippen molar-refractivity contribution < 1.29 is 4.42 Å². The molecular formula is C51H31N5O. The lowest BCUT2D eigenvalue weighted by Crippen LogP contribution is -2.06. The summed E-state index contributed by atoms with van der Waals surface area (Å²) in [5.74, 6) is 1.66. The Labute approximate surface area is 326 Å². The summed E-state index contributed by atoms with van der Waals surface area (Å²) < 4.78 is 11.4. The topological polar surface area (TPSA) is 61.7 Å². The number of benzene rings is 8. The molecule has 0 N–H and O–H groups in total. The molecule has 0 unspecified atom stereocenters. The molecule has 12 rings (SSSR count). The van der Waals surface area contributed by atoms with Crippen molar-refractivity contribution in [2.24, 2.45) is 0 Å². The average Bonchev–Trinajstić information content (AvgIpc) is 3.93. The summed E-state index contributed by atoms with van der Waals surface area (Å²) in [5.41, 5.74) is 11.0. The lowest BCUT2D eigenvalue weighted by Gasteiger charge is -2.11. The number of hydrogen-bond acceptors (Lipinski definition) is 4. The second-order valence-corrected chi connectivity index (χ2v) is 14.4. The van der Waals surface area contributed by atoms with Crippen molar-refractivity contribution in [1.29, 1.82) is 0 Å². The molecule has 0 bridgehead atoms. The third-order valence-electron chi connectivity index (χ3n) is 11.2. The van der Waals surface area contributed by atoms with E-state index in [1.165, 1.54) is 5.39 Å². The van der Waals surface area contributed by atoms with Crippen LogP contribution < -0.4 is 0 Å². The monoisotopic (exact) mass is 729 g/mol. The number of furan rings is 1. The molecule has 266 valence electrons.